The molecule has 2 aliphatic carbocycles. The van der Waals surface area contributed by atoms with Crippen LogP contribution in [0, 0.1) is 0 Å². The van der Waals surface area contributed by atoms with E-state index in [-0.39, 0.29) is 0 Å². The van der Waals surface area contributed by atoms with Crippen molar-refractivity contribution < 1.29 is 0 Å². The van der Waals surface area contributed by atoms with E-state index in [0.717, 1.165) is 11.0 Å². The van der Waals surface area contributed by atoms with Crippen LogP contribution in [0.15, 0.2) is 5.16 Å². The van der Waals surface area contributed by atoms with Gasteiger partial charge in [0.05, 0.1) is 5.39 Å². The van der Waals surface area contributed by atoms with Crippen LogP contribution in [0.2, 0.25) is 0 Å². The molecule has 2 aromatic heterocycles. The number of nitrogens with one attached hydrogen (secondary N) is 1. The second-order valence-electron chi connectivity index (χ2n) is 6.43. The van der Waals surface area contributed by atoms with Gasteiger partial charge in [-0.3, -0.25) is 0 Å². The first-order valence-electron chi connectivity index (χ1n) is 8.48. The molecule has 3 nitrogen and oxygen atoms in total. The zero-order valence-electron chi connectivity index (χ0n) is 13.2. The predicted molar refractivity (Wildman–Crippen MR) is 96.3 cm³/mol. The van der Waals surface area contributed by atoms with Crippen LogP contribution in [0.5, 0.6) is 0 Å². The van der Waals surface area contributed by atoms with Crippen molar-refractivity contribution in [2.75, 3.05) is 11.6 Å². The fraction of sp³-hybridized carbons (Fsp3) is 0.647. The van der Waals surface area contributed by atoms with Crippen LogP contribution in [0.25, 0.3) is 10.2 Å². The van der Waals surface area contributed by atoms with Gasteiger partial charge in [-0.1, -0.05) is 31.0 Å². The van der Waals surface area contributed by atoms with E-state index in [9.17, 15) is 0 Å². The number of hydrogen-bond donors (Lipinski definition) is 1. The van der Waals surface area contributed by atoms with Crippen molar-refractivity contribution in [3.8, 4) is 0 Å². The quantitative estimate of drug-likeness (QED) is 0.631. The summed E-state index contributed by atoms with van der Waals surface area (Å²) in [6.45, 7) is 0. The number of nitrogens with zero attached hydrogens (tertiary/aromatic N) is 2. The van der Waals surface area contributed by atoms with E-state index >= 15 is 0 Å². The van der Waals surface area contributed by atoms with E-state index in [1.807, 2.05) is 11.3 Å². The molecule has 0 amide bonds. The van der Waals surface area contributed by atoms with Gasteiger partial charge in [0.25, 0.3) is 0 Å². The smallest absolute Gasteiger partial charge is 0.190 e. The van der Waals surface area contributed by atoms with Crippen LogP contribution in [0.1, 0.15) is 55.4 Å². The highest BCUT2D eigenvalue weighted by molar-refractivity contribution is 7.98. The Hall–Kier alpha value is -0.810. The number of fused-ring (bicyclic) bond motifs is 3. The van der Waals surface area contributed by atoms with E-state index < -0.39 is 0 Å². The molecular formula is C17H23N3S2. The molecule has 118 valence electrons. The van der Waals surface area contributed by atoms with Crippen LogP contribution in [0.3, 0.4) is 0 Å². The van der Waals surface area contributed by atoms with Gasteiger partial charge < -0.3 is 5.32 Å². The highest BCUT2D eigenvalue weighted by atomic mass is 32.2. The summed E-state index contributed by atoms with van der Waals surface area (Å²) < 4.78 is 0. The van der Waals surface area contributed by atoms with E-state index in [1.54, 1.807) is 16.6 Å². The molecule has 0 aliphatic heterocycles. The summed E-state index contributed by atoms with van der Waals surface area (Å²) in [6.07, 6.45) is 13.8. The lowest BCUT2D eigenvalue weighted by Gasteiger charge is -2.24. The molecular weight excluding hydrogens is 310 g/mol. The third kappa shape index (κ3) is 2.73. The number of aromatic nitrogens is 2. The highest BCUT2D eigenvalue weighted by Gasteiger charge is 2.23. The minimum atomic E-state index is 0.598. The van der Waals surface area contributed by atoms with Crippen molar-refractivity contribution in [1.82, 2.24) is 9.97 Å². The van der Waals surface area contributed by atoms with Crippen LogP contribution in [-0.4, -0.2) is 22.3 Å². The molecule has 2 heterocycles. The van der Waals surface area contributed by atoms with E-state index in [1.165, 1.54) is 73.6 Å². The fourth-order valence-corrected chi connectivity index (χ4v) is 5.46. The molecule has 1 fully saturated rings. The molecule has 0 radical (unpaired) electrons. The summed E-state index contributed by atoms with van der Waals surface area (Å²) >= 11 is 3.55. The number of thioether (sulfide) groups is 1. The average molecular weight is 334 g/mol. The first-order chi connectivity index (χ1) is 10.8. The predicted octanol–water partition coefficient (Wildman–Crippen LogP) is 5.04. The summed E-state index contributed by atoms with van der Waals surface area (Å²) in [5, 5.41) is 6.02. The molecule has 0 atom stereocenters. The summed E-state index contributed by atoms with van der Waals surface area (Å²) in [5.41, 5.74) is 1.54. The largest absolute Gasteiger partial charge is 0.367 e. The van der Waals surface area contributed by atoms with Gasteiger partial charge in [0.15, 0.2) is 5.16 Å². The van der Waals surface area contributed by atoms with Gasteiger partial charge in [-0.25, -0.2) is 9.97 Å². The zero-order valence-corrected chi connectivity index (χ0v) is 14.8. The second-order valence-corrected chi connectivity index (χ2v) is 8.29. The molecule has 22 heavy (non-hydrogen) atoms. The van der Waals surface area contributed by atoms with Crippen molar-refractivity contribution in [2.45, 2.75) is 69.0 Å². The van der Waals surface area contributed by atoms with Gasteiger partial charge >= 0.3 is 0 Å². The van der Waals surface area contributed by atoms with Crippen LogP contribution < -0.4 is 5.32 Å². The summed E-state index contributed by atoms with van der Waals surface area (Å²) in [5.74, 6) is 1.11. The number of aryl methyl sites for hydroxylation is 2. The van der Waals surface area contributed by atoms with Crippen LogP contribution in [0.4, 0.5) is 5.82 Å². The van der Waals surface area contributed by atoms with Crippen LogP contribution in [-0.2, 0) is 12.8 Å². The fourth-order valence-electron chi connectivity index (χ4n) is 3.77. The summed E-state index contributed by atoms with van der Waals surface area (Å²) in [6, 6.07) is 0.598. The van der Waals surface area contributed by atoms with Gasteiger partial charge in [-0.2, -0.15) is 0 Å². The molecule has 0 aromatic carbocycles. The first-order valence-corrected chi connectivity index (χ1v) is 10.5. The Morgan fingerprint density at radius 1 is 1.05 bits per heavy atom. The van der Waals surface area contributed by atoms with Gasteiger partial charge in [0.1, 0.15) is 10.6 Å². The van der Waals surface area contributed by atoms with Crippen molar-refractivity contribution in [1.29, 1.82) is 0 Å². The first kappa shape index (κ1) is 14.8. The highest BCUT2D eigenvalue weighted by Crippen LogP contribution is 2.40. The van der Waals surface area contributed by atoms with Gasteiger partial charge in [-0.15, -0.1) is 11.3 Å². The Morgan fingerprint density at radius 2 is 1.86 bits per heavy atom. The third-order valence-electron chi connectivity index (χ3n) is 4.92. The van der Waals surface area contributed by atoms with Crippen molar-refractivity contribution in [3.05, 3.63) is 10.4 Å². The van der Waals surface area contributed by atoms with Crippen molar-refractivity contribution in [2.24, 2.45) is 0 Å². The normalized spacial score (nSPS) is 19.3. The molecule has 0 bridgehead atoms. The molecule has 0 unspecified atom stereocenters. The lowest BCUT2D eigenvalue weighted by Crippen LogP contribution is -2.23. The van der Waals surface area contributed by atoms with Crippen molar-refractivity contribution in [3.63, 3.8) is 0 Å². The third-order valence-corrected chi connectivity index (χ3v) is 6.66. The monoisotopic (exact) mass is 333 g/mol. The van der Waals surface area contributed by atoms with Crippen LogP contribution >= 0.6 is 23.1 Å². The average Bonchev–Trinajstić information content (AvgIpc) is 2.94. The summed E-state index contributed by atoms with van der Waals surface area (Å²) in [4.78, 5) is 12.4. The lowest BCUT2D eigenvalue weighted by molar-refractivity contribution is 0.462. The van der Waals surface area contributed by atoms with Crippen molar-refractivity contribution >= 4 is 39.1 Å². The Bertz CT molecular complexity index is 674. The maximum absolute atomic E-state index is 4.84. The lowest BCUT2D eigenvalue weighted by atomic mass is 9.94. The van der Waals surface area contributed by atoms with Gasteiger partial charge in [0, 0.05) is 10.9 Å². The Labute approximate surface area is 140 Å². The standard InChI is InChI=1S/C17H23N3S2/c1-21-17-19-15(18-11-7-3-2-4-8-11)14-12-9-5-6-10-13(12)22-16(14)20-17/h11H,2-10H2,1H3,(H,18,19,20). The summed E-state index contributed by atoms with van der Waals surface area (Å²) in [7, 11) is 0. The van der Waals surface area contributed by atoms with E-state index in [0.29, 0.717) is 6.04 Å². The number of thiophene rings is 1. The maximum Gasteiger partial charge on any atom is 0.190 e. The minimum Gasteiger partial charge on any atom is -0.367 e. The zero-order chi connectivity index (χ0) is 14.9. The number of rotatable bonds is 3. The molecule has 1 N–H and O–H groups in total. The van der Waals surface area contributed by atoms with E-state index in [4.69, 9.17) is 9.97 Å². The molecule has 1 saturated carbocycles. The number of hydrogen-bond acceptors (Lipinski definition) is 5. The Kier molecular flexibility index (Phi) is 4.27. The Balaban J connectivity index is 1.78. The van der Waals surface area contributed by atoms with Gasteiger partial charge in [0.2, 0.25) is 0 Å². The topological polar surface area (TPSA) is 37.8 Å². The molecule has 5 heteroatoms. The number of anilines is 1. The Morgan fingerprint density at radius 3 is 2.68 bits per heavy atom. The minimum absolute atomic E-state index is 0.598. The molecule has 4 rings (SSSR count). The molecule has 0 spiro atoms. The molecule has 2 aliphatic rings. The van der Waals surface area contributed by atoms with Gasteiger partial charge in [-0.05, 0) is 50.3 Å². The van der Waals surface area contributed by atoms with E-state index in [2.05, 4.69) is 11.6 Å². The molecule has 0 saturated heterocycles. The molecule has 2 aromatic rings. The SMILES string of the molecule is CSc1nc(NC2CCCCC2)c2c3c(sc2n1)CCCC3. The maximum atomic E-state index is 4.84. The second kappa shape index (κ2) is 6.36.